The van der Waals surface area contributed by atoms with Gasteiger partial charge in [-0.05, 0) is 18.1 Å². The maximum absolute atomic E-state index is 6.33. The topological polar surface area (TPSA) is 47.7 Å². The molecule has 0 amide bonds. The smallest absolute Gasteiger partial charge is 0.0946 e. The molecule has 0 saturated heterocycles. The monoisotopic (exact) mass is 329 g/mol. The van der Waals surface area contributed by atoms with E-state index in [9.17, 15) is 0 Å². The largest absolute Gasteiger partial charge is 0.377 e. The molecule has 0 aliphatic heterocycles. The van der Waals surface area contributed by atoms with E-state index in [1.165, 1.54) is 0 Å². The van der Waals surface area contributed by atoms with Crippen LogP contribution in [0.2, 0.25) is 5.02 Å². The van der Waals surface area contributed by atoms with Crippen molar-refractivity contribution in [3.8, 4) is 5.69 Å². The number of rotatable bonds is 5. The molecule has 0 unspecified atom stereocenters. The molecule has 3 aromatic rings. The summed E-state index contributed by atoms with van der Waals surface area (Å²) in [7, 11) is 1.99. The van der Waals surface area contributed by atoms with Crippen molar-refractivity contribution in [2.45, 2.75) is 26.3 Å². The van der Waals surface area contributed by atoms with E-state index in [4.69, 9.17) is 11.6 Å². The minimum Gasteiger partial charge on any atom is -0.377 e. The maximum Gasteiger partial charge on any atom is 0.0946 e. The molecule has 0 atom stereocenters. The number of hydrogen-bond donors (Lipinski definition) is 1. The zero-order valence-corrected chi connectivity index (χ0v) is 14.2. The minimum atomic E-state index is 0.308. The summed E-state index contributed by atoms with van der Waals surface area (Å²) in [4.78, 5) is 4.14. The lowest BCUT2D eigenvalue weighted by Gasteiger charge is -2.14. The van der Waals surface area contributed by atoms with E-state index in [0.717, 1.165) is 22.8 Å². The van der Waals surface area contributed by atoms with E-state index in [1.807, 2.05) is 53.0 Å². The summed E-state index contributed by atoms with van der Waals surface area (Å²) in [5.41, 5.74) is 4.14. The fourth-order valence-electron chi connectivity index (χ4n) is 2.61. The molecule has 1 aromatic carbocycles. The number of imidazole rings is 1. The molecule has 3 rings (SSSR count). The SMILES string of the molecule is CC(C)c1c(NCc2cncn2C)cnn1-c1ccccc1Cl. The Balaban J connectivity index is 1.93. The summed E-state index contributed by atoms with van der Waals surface area (Å²) in [5.74, 6) is 0.308. The lowest BCUT2D eigenvalue weighted by atomic mass is 10.1. The Morgan fingerprint density at radius 1 is 1.22 bits per heavy atom. The van der Waals surface area contributed by atoms with Crippen LogP contribution in [-0.4, -0.2) is 19.3 Å². The molecule has 0 aliphatic carbocycles. The number of anilines is 1. The summed E-state index contributed by atoms with van der Waals surface area (Å²) >= 11 is 6.33. The third-order valence-electron chi connectivity index (χ3n) is 3.81. The van der Waals surface area contributed by atoms with Crippen molar-refractivity contribution in [1.82, 2.24) is 19.3 Å². The van der Waals surface area contributed by atoms with Gasteiger partial charge in [-0.25, -0.2) is 9.67 Å². The molecule has 2 heterocycles. The number of nitrogens with zero attached hydrogens (tertiary/aromatic N) is 4. The molecule has 1 N–H and O–H groups in total. The van der Waals surface area contributed by atoms with E-state index in [0.29, 0.717) is 17.5 Å². The summed E-state index contributed by atoms with van der Waals surface area (Å²) < 4.78 is 3.92. The molecule has 0 fully saturated rings. The first kappa shape index (κ1) is 15.6. The van der Waals surface area contributed by atoms with Gasteiger partial charge in [0.05, 0.1) is 46.9 Å². The number of nitrogens with one attached hydrogen (secondary N) is 1. The Morgan fingerprint density at radius 2 is 2.00 bits per heavy atom. The van der Waals surface area contributed by atoms with Gasteiger partial charge in [-0.1, -0.05) is 37.6 Å². The van der Waals surface area contributed by atoms with Gasteiger partial charge >= 0.3 is 0 Å². The van der Waals surface area contributed by atoms with Crippen LogP contribution in [-0.2, 0) is 13.6 Å². The molecular weight excluding hydrogens is 310 g/mol. The molecule has 0 aliphatic rings. The van der Waals surface area contributed by atoms with E-state index in [-0.39, 0.29) is 0 Å². The van der Waals surface area contributed by atoms with E-state index >= 15 is 0 Å². The molecular formula is C17H20ClN5. The minimum absolute atomic E-state index is 0.308. The van der Waals surface area contributed by atoms with Crippen molar-refractivity contribution in [3.63, 3.8) is 0 Å². The van der Waals surface area contributed by atoms with Crippen LogP contribution in [0.4, 0.5) is 5.69 Å². The highest BCUT2D eigenvalue weighted by molar-refractivity contribution is 6.32. The number of aromatic nitrogens is 4. The Kier molecular flexibility index (Phi) is 4.39. The van der Waals surface area contributed by atoms with Crippen LogP contribution in [0.5, 0.6) is 0 Å². The molecule has 5 nitrogen and oxygen atoms in total. The molecule has 0 bridgehead atoms. The van der Waals surface area contributed by atoms with Crippen molar-refractivity contribution < 1.29 is 0 Å². The van der Waals surface area contributed by atoms with E-state index in [2.05, 4.69) is 29.2 Å². The van der Waals surface area contributed by atoms with Crippen molar-refractivity contribution in [3.05, 3.63) is 59.4 Å². The number of hydrogen-bond acceptors (Lipinski definition) is 3. The number of halogens is 1. The second-order valence-electron chi connectivity index (χ2n) is 5.81. The zero-order valence-electron chi connectivity index (χ0n) is 13.5. The first-order valence-electron chi connectivity index (χ1n) is 7.59. The van der Waals surface area contributed by atoms with Crippen molar-refractivity contribution >= 4 is 17.3 Å². The molecule has 6 heteroatoms. The third-order valence-corrected chi connectivity index (χ3v) is 4.13. The average Bonchev–Trinajstić information content (AvgIpc) is 3.11. The summed E-state index contributed by atoms with van der Waals surface area (Å²) in [6, 6.07) is 7.75. The van der Waals surface area contributed by atoms with Gasteiger partial charge in [0.2, 0.25) is 0 Å². The van der Waals surface area contributed by atoms with Crippen LogP contribution in [0, 0.1) is 0 Å². The van der Waals surface area contributed by atoms with Crippen LogP contribution in [0.1, 0.15) is 31.2 Å². The van der Waals surface area contributed by atoms with Gasteiger partial charge in [0.15, 0.2) is 0 Å². The van der Waals surface area contributed by atoms with Crippen LogP contribution < -0.4 is 5.32 Å². The van der Waals surface area contributed by atoms with Gasteiger partial charge in [-0.2, -0.15) is 5.10 Å². The first-order chi connectivity index (χ1) is 11.1. The van der Waals surface area contributed by atoms with Gasteiger partial charge in [-0.3, -0.25) is 0 Å². The van der Waals surface area contributed by atoms with Crippen molar-refractivity contribution in [2.75, 3.05) is 5.32 Å². The van der Waals surface area contributed by atoms with Gasteiger partial charge < -0.3 is 9.88 Å². The van der Waals surface area contributed by atoms with Gasteiger partial charge in [0.1, 0.15) is 0 Å². The van der Waals surface area contributed by atoms with Crippen LogP contribution >= 0.6 is 11.6 Å². The summed E-state index contributed by atoms with van der Waals surface area (Å²) in [5, 5.41) is 8.69. The molecule has 0 spiro atoms. The molecule has 0 radical (unpaired) electrons. The van der Waals surface area contributed by atoms with Crippen molar-refractivity contribution in [1.29, 1.82) is 0 Å². The highest BCUT2D eigenvalue weighted by atomic mass is 35.5. The second kappa shape index (κ2) is 6.46. The lowest BCUT2D eigenvalue weighted by Crippen LogP contribution is -2.09. The van der Waals surface area contributed by atoms with Gasteiger partial charge in [-0.15, -0.1) is 0 Å². The Morgan fingerprint density at radius 3 is 2.65 bits per heavy atom. The normalized spacial score (nSPS) is 11.2. The van der Waals surface area contributed by atoms with Gasteiger partial charge in [0, 0.05) is 13.2 Å². The third kappa shape index (κ3) is 3.10. The number of para-hydroxylation sites is 1. The predicted octanol–water partition coefficient (Wildman–Crippen LogP) is 3.99. The second-order valence-corrected chi connectivity index (χ2v) is 6.22. The number of aryl methyl sites for hydroxylation is 1. The number of benzene rings is 1. The quantitative estimate of drug-likeness (QED) is 0.769. The standard InChI is InChI=1S/C17H20ClN5/c1-12(2)17-15(20-9-13-8-19-11-22(13)3)10-21-23(17)16-7-5-4-6-14(16)18/h4-8,10-12,20H,9H2,1-3H3. The Bertz CT molecular complexity index is 803. The van der Waals surface area contributed by atoms with E-state index in [1.54, 1.807) is 6.33 Å². The Labute approximate surface area is 140 Å². The fourth-order valence-corrected chi connectivity index (χ4v) is 2.82. The highest BCUT2D eigenvalue weighted by Crippen LogP contribution is 2.30. The summed E-state index contributed by atoms with van der Waals surface area (Å²) in [6.45, 7) is 5.00. The van der Waals surface area contributed by atoms with Gasteiger partial charge in [0.25, 0.3) is 0 Å². The zero-order chi connectivity index (χ0) is 16.4. The van der Waals surface area contributed by atoms with Crippen LogP contribution in [0.15, 0.2) is 43.0 Å². The van der Waals surface area contributed by atoms with E-state index < -0.39 is 0 Å². The molecule has 23 heavy (non-hydrogen) atoms. The average molecular weight is 330 g/mol. The molecule has 0 saturated carbocycles. The van der Waals surface area contributed by atoms with Crippen LogP contribution in [0.25, 0.3) is 5.69 Å². The first-order valence-corrected chi connectivity index (χ1v) is 7.97. The van der Waals surface area contributed by atoms with Crippen molar-refractivity contribution in [2.24, 2.45) is 7.05 Å². The predicted molar refractivity (Wildman–Crippen MR) is 93.2 cm³/mol. The fraction of sp³-hybridized carbons (Fsp3) is 0.294. The summed E-state index contributed by atoms with van der Waals surface area (Å²) in [6.07, 6.45) is 5.52. The lowest BCUT2D eigenvalue weighted by molar-refractivity contribution is 0.734. The maximum atomic E-state index is 6.33. The van der Waals surface area contributed by atoms with Crippen LogP contribution in [0.3, 0.4) is 0 Å². The molecule has 2 aromatic heterocycles. The highest BCUT2D eigenvalue weighted by Gasteiger charge is 2.17. The molecule has 120 valence electrons. The Hall–Kier alpha value is -2.27.